The van der Waals surface area contributed by atoms with Gasteiger partial charge in [-0.15, -0.1) is 0 Å². The van der Waals surface area contributed by atoms with E-state index in [0.717, 1.165) is 35.4 Å². The lowest BCUT2D eigenvalue weighted by atomic mass is 10.1. The summed E-state index contributed by atoms with van der Waals surface area (Å²) in [4.78, 5) is 21.8. The van der Waals surface area contributed by atoms with Gasteiger partial charge in [0.15, 0.2) is 0 Å². The van der Waals surface area contributed by atoms with Crippen molar-refractivity contribution in [3.8, 4) is 0 Å². The second-order valence-electron chi connectivity index (χ2n) is 6.38. The normalized spacial score (nSPS) is 20.1. The van der Waals surface area contributed by atoms with Crippen LogP contribution >= 0.6 is 24.0 Å². The summed E-state index contributed by atoms with van der Waals surface area (Å²) < 4.78 is 0.601. The Hall–Kier alpha value is -1.92. The zero-order chi connectivity index (χ0) is 17.4. The largest absolute Gasteiger partial charge is 0.356 e. The zero-order valence-electron chi connectivity index (χ0n) is 14.1. The molecule has 0 bridgehead atoms. The fraction of sp³-hybridized carbons (Fsp3) is 0.316. The van der Waals surface area contributed by atoms with Gasteiger partial charge in [0.25, 0.3) is 5.91 Å². The number of hydrogen-bond donors (Lipinski definition) is 0. The van der Waals surface area contributed by atoms with Crippen LogP contribution in [0.3, 0.4) is 0 Å². The van der Waals surface area contributed by atoms with E-state index in [1.165, 1.54) is 35.9 Å². The van der Waals surface area contributed by atoms with Crippen molar-refractivity contribution in [1.29, 1.82) is 0 Å². The van der Waals surface area contributed by atoms with E-state index >= 15 is 0 Å². The van der Waals surface area contributed by atoms with E-state index in [4.69, 9.17) is 17.2 Å². The minimum absolute atomic E-state index is 0.0345. The molecule has 128 valence electrons. The third kappa shape index (κ3) is 3.16. The van der Waals surface area contributed by atoms with Gasteiger partial charge in [0, 0.05) is 31.1 Å². The number of para-hydroxylation sites is 1. The zero-order valence-corrected chi connectivity index (χ0v) is 15.7. The number of fused-ring (bicyclic) bond motifs is 1. The summed E-state index contributed by atoms with van der Waals surface area (Å²) in [6.07, 6.45) is 5.59. The highest BCUT2D eigenvalue weighted by Gasteiger charge is 2.29. The molecule has 2 aliphatic rings. The quantitative estimate of drug-likeness (QED) is 0.589. The van der Waals surface area contributed by atoms with Crippen LogP contribution in [0.4, 0.5) is 5.82 Å². The molecule has 1 aromatic heterocycles. The molecule has 0 saturated carbocycles. The fourth-order valence-corrected chi connectivity index (χ4v) is 4.44. The summed E-state index contributed by atoms with van der Waals surface area (Å²) in [5.74, 6) is 0.938. The number of piperidine rings is 1. The fourth-order valence-electron chi connectivity index (χ4n) is 3.27. The molecule has 2 fully saturated rings. The number of rotatable bonds is 2. The maximum atomic E-state index is 12.4. The van der Waals surface area contributed by atoms with Crippen molar-refractivity contribution in [2.24, 2.45) is 0 Å². The van der Waals surface area contributed by atoms with Crippen LogP contribution in [0.2, 0.25) is 0 Å². The highest BCUT2D eigenvalue weighted by Crippen LogP contribution is 2.34. The van der Waals surface area contributed by atoms with Crippen molar-refractivity contribution < 1.29 is 4.79 Å². The average Bonchev–Trinajstić information content (AvgIpc) is 2.89. The van der Waals surface area contributed by atoms with Crippen LogP contribution in [-0.2, 0) is 4.79 Å². The molecule has 0 N–H and O–H groups in total. The number of carbonyl (C=O) groups excluding carboxylic acids is 1. The first-order valence-corrected chi connectivity index (χ1v) is 9.72. The molecule has 3 heterocycles. The van der Waals surface area contributed by atoms with Crippen LogP contribution in [0.1, 0.15) is 24.8 Å². The summed E-state index contributed by atoms with van der Waals surface area (Å²) in [6.45, 7) is 2.03. The van der Waals surface area contributed by atoms with Gasteiger partial charge in [-0.25, -0.2) is 4.98 Å². The number of thiocarbonyl (C=S) groups is 1. The van der Waals surface area contributed by atoms with Crippen molar-refractivity contribution >= 4 is 57.0 Å². The number of benzene rings is 1. The topological polar surface area (TPSA) is 36.4 Å². The number of hydrogen-bond acceptors (Lipinski definition) is 5. The Balaban J connectivity index is 1.83. The van der Waals surface area contributed by atoms with Gasteiger partial charge < -0.3 is 4.90 Å². The van der Waals surface area contributed by atoms with E-state index < -0.39 is 0 Å². The Kier molecular flexibility index (Phi) is 4.48. The smallest absolute Gasteiger partial charge is 0.265 e. The number of thioether (sulfide) groups is 1. The Bertz CT molecular complexity index is 887. The summed E-state index contributed by atoms with van der Waals surface area (Å²) in [5, 5.41) is 1.08. The van der Waals surface area contributed by atoms with E-state index in [-0.39, 0.29) is 5.91 Å². The standard InChI is InChI=1S/C19H19N3OS2/c1-21-18(23)16(25-19(21)24)12-14-11-13-7-3-4-8-15(13)20-17(14)22-9-5-2-6-10-22/h3-4,7-8,11-12H,2,5-6,9-10H2,1H3/b16-12-. The van der Waals surface area contributed by atoms with Crippen molar-refractivity contribution in [1.82, 2.24) is 9.88 Å². The maximum absolute atomic E-state index is 12.4. The molecule has 0 aliphatic carbocycles. The van der Waals surface area contributed by atoms with Crippen molar-refractivity contribution in [2.75, 3.05) is 25.0 Å². The van der Waals surface area contributed by atoms with E-state index in [1.54, 1.807) is 7.05 Å². The molecular weight excluding hydrogens is 350 g/mol. The molecule has 6 heteroatoms. The predicted molar refractivity (Wildman–Crippen MR) is 109 cm³/mol. The summed E-state index contributed by atoms with van der Waals surface area (Å²) >= 11 is 6.61. The molecule has 25 heavy (non-hydrogen) atoms. The minimum atomic E-state index is -0.0345. The van der Waals surface area contributed by atoms with Gasteiger partial charge in [0.05, 0.1) is 10.4 Å². The molecular formula is C19H19N3OS2. The lowest BCUT2D eigenvalue weighted by Gasteiger charge is -2.29. The van der Waals surface area contributed by atoms with E-state index in [0.29, 0.717) is 9.23 Å². The second-order valence-corrected chi connectivity index (χ2v) is 8.06. The van der Waals surface area contributed by atoms with Crippen molar-refractivity contribution in [3.63, 3.8) is 0 Å². The van der Waals surface area contributed by atoms with E-state index in [2.05, 4.69) is 17.0 Å². The number of carbonyl (C=O) groups is 1. The van der Waals surface area contributed by atoms with Gasteiger partial charge >= 0.3 is 0 Å². The molecule has 1 amide bonds. The van der Waals surface area contributed by atoms with Crippen LogP contribution in [0.25, 0.3) is 17.0 Å². The molecule has 0 radical (unpaired) electrons. The van der Waals surface area contributed by atoms with Gasteiger partial charge in [0.2, 0.25) is 0 Å². The molecule has 0 spiro atoms. The predicted octanol–water partition coefficient (Wildman–Crippen LogP) is 4.06. The average molecular weight is 370 g/mol. The van der Waals surface area contributed by atoms with Gasteiger partial charge in [0.1, 0.15) is 10.1 Å². The minimum Gasteiger partial charge on any atom is -0.356 e. The second kappa shape index (κ2) is 6.77. The molecule has 4 nitrogen and oxygen atoms in total. The first-order valence-electron chi connectivity index (χ1n) is 8.50. The number of anilines is 1. The molecule has 0 atom stereocenters. The summed E-state index contributed by atoms with van der Waals surface area (Å²) in [7, 11) is 1.72. The summed E-state index contributed by atoms with van der Waals surface area (Å²) in [6, 6.07) is 10.3. The lowest BCUT2D eigenvalue weighted by Crippen LogP contribution is -2.30. The van der Waals surface area contributed by atoms with E-state index in [1.807, 2.05) is 24.3 Å². The monoisotopic (exact) mass is 369 g/mol. The highest BCUT2D eigenvalue weighted by atomic mass is 32.2. The lowest BCUT2D eigenvalue weighted by molar-refractivity contribution is -0.121. The number of nitrogens with zero attached hydrogens (tertiary/aromatic N) is 3. The molecule has 4 rings (SSSR count). The van der Waals surface area contributed by atoms with E-state index in [9.17, 15) is 4.79 Å². The van der Waals surface area contributed by atoms with Gasteiger partial charge in [-0.3, -0.25) is 9.69 Å². The Morgan fingerprint density at radius 2 is 1.96 bits per heavy atom. The Morgan fingerprint density at radius 3 is 2.68 bits per heavy atom. The summed E-state index contributed by atoms with van der Waals surface area (Å²) in [5.41, 5.74) is 1.98. The van der Waals surface area contributed by atoms with Gasteiger partial charge in [-0.05, 0) is 37.5 Å². The van der Waals surface area contributed by atoms with Crippen molar-refractivity contribution in [2.45, 2.75) is 19.3 Å². The number of pyridine rings is 1. The highest BCUT2D eigenvalue weighted by molar-refractivity contribution is 8.26. The first-order chi connectivity index (χ1) is 12.1. The Labute approximate surface area is 156 Å². The molecule has 1 aromatic carbocycles. The van der Waals surface area contributed by atoms with Crippen LogP contribution in [0, 0.1) is 0 Å². The van der Waals surface area contributed by atoms with Crippen LogP contribution < -0.4 is 4.90 Å². The van der Waals surface area contributed by atoms with Crippen LogP contribution in [0.5, 0.6) is 0 Å². The maximum Gasteiger partial charge on any atom is 0.265 e. The number of aromatic nitrogens is 1. The molecule has 2 aliphatic heterocycles. The molecule has 0 unspecified atom stereocenters. The van der Waals surface area contributed by atoms with Crippen LogP contribution in [0.15, 0.2) is 35.2 Å². The number of amides is 1. The first kappa shape index (κ1) is 16.5. The number of likely N-dealkylation sites (N-methyl/N-ethyl adjacent to an activating group) is 1. The SMILES string of the molecule is CN1C(=O)/C(=C/c2cc3ccccc3nc2N2CCCCC2)SC1=S. The Morgan fingerprint density at radius 1 is 1.20 bits per heavy atom. The van der Waals surface area contributed by atoms with Crippen molar-refractivity contribution in [3.05, 3.63) is 40.8 Å². The van der Waals surface area contributed by atoms with Gasteiger partial charge in [-0.1, -0.05) is 42.2 Å². The third-order valence-electron chi connectivity index (χ3n) is 4.66. The van der Waals surface area contributed by atoms with Gasteiger partial charge in [-0.2, -0.15) is 0 Å². The molecule has 2 aromatic rings. The van der Waals surface area contributed by atoms with Crippen LogP contribution in [-0.4, -0.2) is 40.2 Å². The third-order valence-corrected chi connectivity index (χ3v) is 6.15. The molecule has 2 saturated heterocycles.